The number of para-hydroxylation sites is 2. The first-order valence-electron chi connectivity index (χ1n) is 8.49. The summed E-state index contributed by atoms with van der Waals surface area (Å²) in [4.78, 5) is 16.5. The zero-order valence-electron chi connectivity index (χ0n) is 14.8. The van der Waals surface area contributed by atoms with Gasteiger partial charge in [-0.15, -0.1) is 0 Å². The van der Waals surface area contributed by atoms with Crippen molar-refractivity contribution in [2.75, 3.05) is 7.11 Å². The minimum Gasteiger partial charge on any atom is -0.497 e. The van der Waals surface area contributed by atoms with Gasteiger partial charge in [0.25, 0.3) is 0 Å². The molecule has 4 rings (SSSR count). The Morgan fingerprint density at radius 2 is 2.07 bits per heavy atom. The summed E-state index contributed by atoms with van der Waals surface area (Å²) in [5, 5.41) is 6.87. The molecule has 0 aliphatic carbocycles. The fourth-order valence-corrected chi connectivity index (χ4v) is 2.84. The van der Waals surface area contributed by atoms with Crippen LogP contribution in [0, 0.1) is 0 Å². The number of imidazole rings is 1. The molecule has 0 aliphatic heterocycles. The van der Waals surface area contributed by atoms with Crippen LogP contribution in [0.4, 0.5) is 0 Å². The highest BCUT2D eigenvalue weighted by atomic mass is 16.5. The van der Waals surface area contributed by atoms with Crippen LogP contribution in [0.1, 0.15) is 5.69 Å². The Kier molecular flexibility index (Phi) is 4.57. The summed E-state index contributed by atoms with van der Waals surface area (Å²) in [5.74, 6) is 1.24. The summed E-state index contributed by atoms with van der Waals surface area (Å²) < 4.78 is 12.4. The van der Waals surface area contributed by atoms with Gasteiger partial charge in [0, 0.05) is 11.6 Å². The molecule has 2 heterocycles. The summed E-state index contributed by atoms with van der Waals surface area (Å²) in [7, 11) is 1.62. The molecule has 27 heavy (non-hydrogen) atoms. The lowest BCUT2D eigenvalue weighted by atomic mass is 10.1. The van der Waals surface area contributed by atoms with Crippen LogP contribution in [0.2, 0.25) is 0 Å². The quantitative estimate of drug-likeness (QED) is 0.570. The number of nitrogens with one attached hydrogen (secondary N) is 1. The molecule has 0 aliphatic rings. The molecule has 1 N–H and O–H groups in total. The van der Waals surface area contributed by atoms with Crippen molar-refractivity contribution >= 4 is 16.9 Å². The number of rotatable bonds is 6. The van der Waals surface area contributed by atoms with Gasteiger partial charge in [-0.05, 0) is 24.3 Å². The van der Waals surface area contributed by atoms with Gasteiger partial charge in [0.05, 0.1) is 31.0 Å². The van der Waals surface area contributed by atoms with Crippen LogP contribution >= 0.6 is 0 Å². The van der Waals surface area contributed by atoms with E-state index in [4.69, 9.17) is 9.26 Å². The third kappa shape index (κ3) is 3.67. The largest absolute Gasteiger partial charge is 0.497 e. The summed E-state index contributed by atoms with van der Waals surface area (Å²) in [5.41, 5.74) is 3.31. The van der Waals surface area contributed by atoms with Crippen LogP contribution in [0.3, 0.4) is 0 Å². The van der Waals surface area contributed by atoms with Crippen LogP contribution in [0.25, 0.3) is 22.4 Å². The smallest absolute Gasteiger partial charge is 0.240 e. The van der Waals surface area contributed by atoms with E-state index >= 15 is 0 Å². The number of hydrogen-bond acceptors (Lipinski definition) is 5. The molecule has 1 amide bonds. The second kappa shape index (κ2) is 7.33. The maximum absolute atomic E-state index is 12.3. The molecule has 0 fully saturated rings. The lowest BCUT2D eigenvalue weighted by molar-refractivity contribution is -0.121. The minimum atomic E-state index is -0.121. The van der Waals surface area contributed by atoms with E-state index in [-0.39, 0.29) is 12.5 Å². The summed E-state index contributed by atoms with van der Waals surface area (Å²) in [6, 6.07) is 17.0. The third-order valence-electron chi connectivity index (χ3n) is 4.22. The van der Waals surface area contributed by atoms with Gasteiger partial charge in [0.1, 0.15) is 18.0 Å². The van der Waals surface area contributed by atoms with E-state index in [0.29, 0.717) is 18.0 Å². The number of hydrogen-bond donors (Lipinski definition) is 1. The maximum Gasteiger partial charge on any atom is 0.240 e. The van der Waals surface area contributed by atoms with Gasteiger partial charge in [0.2, 0.25) is 5.91 Å². The molecule has 2 aromatic carbocycles. The molecular weight excluding hydrogens is 344 g/mol. The molecule has 2 aromatic heterocycles. The number of benzene rings is 2. The van der Waals surface area contributed by atoms with E-state index in [1.54, 1.807) is 13.4 Å². The number of fused-ring (bicyclic) bond motifs is 1. The van der Waals surface area contributed by atoms with E-state index in [0.717, 1.165) is 22.3 Å². The van der Waals surface area contributed by atoms with Crippen molar-refractivity contribution in [3.8, 4) is 17.1 Å². The van der Waals surface area contributed by atoms with E-state index < -0.39 is 0 Å². The second-order valence-electron chi connectivity index (χ2n) is 6.05. The van der Waals surface area contributed by atoms with Crippen molar-refractivity contribution in [2.24, 2.45) is 0 Å². The first kappa shape index (κ1) is 16.8. The monoisotopic (exact) mass is 362 g/mol. The van der Waals surface area contributed by atoms with E-state index in [9.17, 15) is 4.79 Å². The molecule has 0 spiro atoms. The minimum absolute atomic E-state index is 0.121. The second-order valence-corrected chi connectivity index (χ2v) is 6.05. The topological polar surface area (TPSA) is 82.2 Å². The number of aromatic nitrogens is 3. The highest BCUT2D eigenvalue weighted by Gasteiger charge is 2.10. The highest BCUT2D eigenvalue weighted by molar-refractivity contribution is 5.80. The van der Waals surface area contributed by atoms with Crippen LogP contribution in [0.15, 0.2) is 65.4 Å². The van der Waals surface area contributed by atoms with Gasteiger partial charge in [-0.1, -0.05) is 29.4 Å². The Bertz CT molecular complexity index is 1080. The number of nitrogens with zero attached hydrogens (tertiary/aromatic N) is 3. The van der Waals surface area contributed by atoms with Crippen LogP contribution in [-0.2, 0) is 17.9 Å². The fraction of sp³-hybridized carbons (Fsp3) is 0.150. The average molecular weight is 362 g/mol. The third-order valence-corrected chi connectivity index (χ3v) is 4.22. The van der Waals surface area contributed by atoms with Crippen molar-refractivity contribution in [2.45, 2.75) is 13.1 Å². The fourth-order valence-electron chi connectivity index (χ4n) is 2.84. The molecule has 136 valence electrons. The first-order valence-corrected chi connectivity index (χ1v) is 8.49. The number of methoxy groups -OCH3 is 1. The zero-order chi connectivity index (χ0) is 18.6. The molecule has 4 aromatic rings. The zero-order valence-corrected chi connectivity index (χ0v) is 14.8. The Labute approximate surface area is 155 Å². The van der Waals surface area contributed by atoms with Crippen molar-refractivity contribution in [3.63, 3.8) is 0 Å². The first-order chi connectivity index (χ1) is 13.2. The molecule has 0 saturated heterocycles. The van der Waals surface area contributed by atoms with Gasteiger partial charge in [-0.25, -0.2) is 4.98 Å². The average Bonchev–Trinajstić information content (AvgIpc) is 3.34. The molecular formula is C20H18N4O3. The Morgan fingerprint density at radius 3 is 2.96 bits per heavy atom. The van der Waals surface area contributed by atoms with Gasteiger partial charge < -0.3 is 19.1 Å². The van der Waals surface area contributed by atoms with E-state index in [1.165, 1.54) is 0 Å². The number of carbonyl (C=O) groups excluding carboxylic acids is 1. The number of ether oxygens (including phenoxy) is 1. The van der Waals surface area contributed by atoms with Gasteiger partial charge in [-0.3, -0.25) is 4.79 Å². The molecule has 0 saturated carbocycles. The highest BCUT2D eigenvalue weighted by Crippen LogP contribution is 2.24. The summed E-state index contributed by atoms with van der Waals surface area (Å²) >= 11 is 0. The molecule has 0 unspecified atom stereocenters. The van der Waals surface area contributed by atoms with Crippen LogP contribution in [-0.4, -0.2) is 27.7 Å². The van der Waals surface area contributed by atoms with Crippen LogP contribution in [0.5, 0.6) is 5.75 Å². The summed E-state index contributed by atoms with van der Waals surface area (Å²) in [6.07, 6.45) is 1.67. The van der Waals surface area contributed by atoms with E-state index in [1.807, 2.05) is 59.2 Å². The maximum atomic E-state index is 12.3. The standard InChI is InChI=1S/C20H18N4O3/c1-26-16-6-4-5-14(9-16)19-10-15(23-27-19)11-21-20(25)12-24-13-22-17-7-2-3-8-18(17)24/h2-10,13H,11-12H2,1H3,(H,21,25). The van der Waals surface area contributed by atoms with E-state index in [2.05, 4.69) is 15.5 Å². The van der Waals surface area contributed by atoms with Gasteiger partial charge in [0.15, 0.2) is 5.76 Å². The normalized spacial score (nSPS) is 10.9. The molecule has 7 nitrogen and oxygen atoms in total. The Balaban J connectivity index is 1.39. The SMILES string of the molecule is COc1cccc(-c2cc(CNC(=O)Cn3cnc4ccccc43)no2)c1. The summed E-state index contributed by atoms with van der Waals surface area (Å²) in [6.45, 7) is 0.486. The molecule has 0 atom stereocenters. The Hall–Kier alpha value is -3.61. The number of amides is 1. The molecule has 7 heteroatoms. The van der Waals surface area contributed by atoms with Crippen molar-refractivity contribution < 1.29 is 14.1 Å². The van der Waals surface area contributed by atoms with Gasteiger partial charge >= 0.3 is 0 Å². The lowest BCUT2D eigenvalue weighted by Crippen LogP contribution is -2.26. The van der Waals surface area contributed by atoms with Crippen molar-refractivity contribution in [3.05, 3.63) is 66.6 Å². The number of carbonyl (C=O) groups is 1. The predicted octanol–water partition coefficient (Wildman–Crippen LogP) is 3.02. The van der Waals surface area contributed by atoms with Gasteiger partial charge in [-0.2, -0.15) is 0 Å². The van der Waals surface area contributed by atoms with Crippen molar-refractivity contribution in [1.82, 2.24) is 20.0 Å². The Morgan fingerprint density at radius 1 is 1.19 bits per heavy atom. The van der Waals surface area contributed by atoms with Crippen LogP contribution < -0.4 is 10.1 Å². The molecule has 0 radical (unpaired) electrons. The lowest BCUT2D eigenvalue weighted by Gasteiger charge is -2.05. The van der Waals surface area contributed by atoms with Crippen molar-refractivity contribution in [1.29, 1.82) is 0 Å². The predicted molar refractivity (Wildman–Crippen MR) is 100 cm³/mol. The molecule has 0 bridgehead atoms.